The van der Waals surface area contributed by atoms with Crippen LogP contribution in [-0.4, -0.2) is 20.0 Å². The van der Waals surface area contributed by atoms with E-state index >= 15 is 0 Å². The van der Waals surface area contributed by atoms with Crippen molar-refractivity contribution in [2.45, 2.75) is 19.8 Å². The third-order valence-corrected chi connectivity index (χ3v) is 3.10. The summed E-state index contributed by atoms with van der Waals surface area (Å²) in [6.07, 6.45) is 1.48. The van der Waals surface area contributed by atoms with Gasteiger partial charge in [0.05, 0.1) is 14.2 Å². The van der Waals surface area contributed by atoms with Gasteiger partial charge in [0.25, 0.3) is 0 Å². The van der Waals surface area contributed by atoms with Crippen LogP contribution in [0.15, 0.2) is 23.8 Å². The quantitative estimate of drug-likeness (QED) is 0.803. The van der Waals surface area contributed by atoms with Crippen molar-refractivity contribution in [1.82, 2.24) is 0 Å². The molecule has 0 radical (unpaired) electrons. The summed E-state index contributed by atoms with van der Waals surface area (Å²) in [7, 11) is 3.20. The number of carbonyl (C=O) groups excluding carboxylic acids is 1. The molecule has 0 fully saturated rings. The number of Topliss-reactive ketones (excluding diaryl/α,β-unsaturated/α-hetero) is 1. The Bertz CT molecular complexity index is 486. The van der Waals surface area contributed by atoms with Gasteiger partial charge in [-0.2, -0.15) is 0 Å². The van der Waals surface area contributed by atoms with Crippen molar-refractivity contribution in [2.24, 2.45) is 0 Å². The molecule has 0 aliphatic heterocycles. The SMILES string of the molecule is COc1ccc(C2=C(C)CCC2=O)cc1OC. The number of ether oxygens (including phenoxy) is 2. The molecule has 3 nitrogen and oxygen atoms in total. The third-order valence-electron chi connectivity index (χ3n) is 3.10. The van der Waals surface area contributed by atoms with Gasteiger partial charge in [0.2, 0.25) is 0 Å². The fourth-order valence-corrected chi connectivity index (χ4v) is 2.19. The van der Waals surface area contributed by atoms with Crippen LogP contribution in [0.5, 0.6) is 11.5 Å². The molecule has 1 aliphatic rings. The fourth-order valence-electron chi connectivity index (χ4n) is 2.19. The van der Waals surface area contributed by atoms with Crippen LogP contribution >= 0.6 is 0 Å². The van der Waals surface area contributed by atoms with Gasteiger partial charge in [0.15, 0.2) is 17.3 Å². The Hall–Kier alpha value is -1.77. The number of hydrogen-bond acceptors (Lipinski definition) is 3. The summed E-state index contributed by atoms with van der Waals surface area (Å²) in [6.45, 7) is 2.01. The molecule has 3 heteroatoms. The number of carbonyl (C=O) groups is 1. The van der Waals surface area contributed by atoms with E-state index in [-0.39, 0.29) is 5.78 Å². The summed E-state index contributed by atoms with van der Waals surface area (Å²) < 4.78 is 10.4. The van der Waals surface area contributed by atoms with E-state index in [0.29, 0.717) is 17.9 Å². The smallest absolute Gasteiger partial charge is 0.163 e. The second kappa shape index (κ2) is 4.62. The standard InChI is InChI=1S/C14H16O3/c1-9-4-6-11(15)14(9)10-5-7-12(16-2)13(8-10)17-3/h5,7-8H,4,6H2,1-3H3. The highest BCUT2D eigenvalue weighted by Crippen LogP contribution is 2.35. The molecule has 0 aromatic heterocycles. The second-order valence-electron chi connectivity index (χ2n) is 4.15. The summed E-state index contributed by atoms with van der Waals surface area (Å²) in [5, 5.41) is 0. The van der Waals surface area contributed by atoms with E-state index in [2.05, 4.69) is 0 Å². The highest BCUT2D eigenvalue weighted by Gasteiger charge is 2.22. The normalized spacial score (nSPS) is 15.4. The van der Waals surface area contributed by atoms with E-state index in [1.807, 2.05) is 25.1 Å². The summed E-state index contributed by atoms with van der Waals surface area (Å²) in [4.78, 5) is 11.8. The summed E-state index contributed by atoms with van der Waals surface area (Å²) >= 11 is 0. The lowest BCUT2D eigenvalue weighted by atomic mass is 10.0. The van der Waals surface area contributed by atoms with E-state index in [9.17, 15) is 4.79 Å². The highest BCUT2D eigenvalue weighted by molar-refractivity contribution is 6.23. The largest absolute Gasteiger partial charge is 0.493 e. The first-order valence-corrected chi connectivity index (χ1v) is 5.62. The number of allylic oxidation sites excluding steroid dienone is 2. The first-order chi connectivity index (χ1) is 8.17. The lowest BCUT2D eigenvalue weighted by molar-refractivity contribution is -0.113. The Morgan fingerprint density at radius 3 is 2.29 bits per heavy atom. The van der Waals surface area contributed by atoms with Crippen LogP contribution in [0.2, 0.25) is 0 Å². The lowest BCUT2D eigenvalue weighted by Gasteiger charge is -2.10. The molecule has 2 rings (SSSR count). The van der Waals surface area contributed by atoms with Gasteiger partial charge in [-0.05, 0) is 31.0 Å². The first-order valence-electron chi connectivity index (χ1n) is 5.62. The van der Waals surface area contributed by atoms with Gasteiger partial charge in [-0.1, -0.05) is 11.6 Å². The van der Waals surface area contributed by atoms with Crippen LogP contribution in [0.4, 0.5) is 0 Å². The molecule has 0 amide bonds. The lowest BCUT2D eigenvalue weighted by Crippen LogP contribution is -1.97. The molecular formula is C14H16O3. The Morgan fingerprint density at radius 2 is 1.76 bits per heavy atom. The molecule has 0 unspecified atom stereocenters. The van der Waals surface area contributed by atoms with Crippen LogP contribution in [0.3, 0.4) is 0 Å². The van der Waals surface area contributed by atoms with Crippen molar-refractivity contribution in [3.05, 3.63) is 29.3 Å². The van der Waals surface area contributed by atoms with Gasteiger partial charge in [-0.3, -0.25) is 4.79 Å². The van der Waals surface area contributed by atoms with E-state index in [1.165, 1.54) is 0 Å². The fraction of sp³-hybridized carbons (Fsp3) is 0.357. The minimum atomic E-state index is 0.217. The molecule has 0 spiro atoms. The zero-order valence-corrected chi connectivity index (χ0v) is 10.4. The Balaban J connectivity index is 2.47. The van der Waals surface area contributed by atoms with Crippen LogP contribution in [-0.2, 0) is 4.79 Å². The molecule has 1 aliphatic carbocycles. The van der Waals surface area contributed by atoms with Crippen molar-refractivity contribution in [1.29, 1.82) is 0 Å². The monoisotopic (exact) mass is 232 g/mol. The Kier molecular flexibility index (Phi) is 3.18. The Labute approximate surface area is 101 Å². The number of rotatable bonds is 3. The molecule has 0 N–H and O–H groups in total. The topological polar surface area (TPSA) is 35.5 Å². The third kappa shape index (κ3) is 2.05. The molecule has 17 heavy (non-hydrogen) atoms. The Morgan fingerprint density at radius 1 is 1.06 bits per heavy atom. The maximum absolute atomic E-state index is 11.8. The molecule has 1 aromatic rings. The van der Waals surface area contributed by atoms with Gasteiger partial charge in [-0.25, -0.2) is 0 Å². The molecule has 1 aromatic carbocycles. The van der Waals surface area contributed by atoms with Gasteiger partial charge in [-0.15, -0.1) is 0 Å². The molecule has 90 valence electrons. The minimum absolute atomic E-state index is 0.217. The van der Waals surface area contributed by atoms with Crippen molar-refractivity contribution in [3.63, 3.8) is 0 Å². The van der Waals surface area contributed by atoms with Gasteiger partial charge >= 0.3 is 0 Å². The maximum Gasteiger partial charge on any atom is 0.163 e. The average molecular weight is 232 g/mol. The molecular weight excluding hydrogens is 216 g/mol. The molecule has 0 heterocycles. The van der Waals surface area contributed by atoms with E-state index in [0.717, 1.165) is 23.1 Å². The summed E-state index contributed by atoms with van der Waals surface area (Å²) in [5.41, 5.74) is 2.91. The zero-order valence-electron chi connectivity index (χ0n) is 10.4. The van der Waals surface area contributed by atoms with Crippen LogP contribution in [0.25, 0.3) is 5.57 Å². The molecule has 0 atom stereocenters. The first kappa shape index (κ1) is 11.7. The zero-order chi connectivity index (χ0) is 12.4. The van der Waals surface area contributed by atoms with E-state index in [1.54, 1.807) is 14.2 Å². The average Bonchev–Trinajstić information content (AvgIpc) is 2.68. The minimum Gasteiger partial charge on any atom is -0.493 e. The van der Waals surface area contributed by atoms with Gasteiger partial charge in [0.1, 0.15) is 0 Å². The molecule has 0 bridgehead atoms. The van der Waals surface area contributed by atoms with Crippen molar-refractivity contribution in [3.8, 4) is 11.5 Å². The van der Waals surface area contributed by atoms with Crippen molar-refractivity contribution >= 4 is 11.4 Å². The number of hydrogen-bond donors (Lipinski definition) is 0. The predicted molar refractivity (Wildman–Crippen MR) is 66.4 cm³/mol. The number of methoxy groups -OCH3 is 2. The highest BCUT2D eigenvalue weighted by atomic mass is 16.5. The number of ketones is 1. The van der Waals surface area contributed by atoms with Crippen molar-refractivity contribution < 1.29 is 14.3 Å². The predicted octanol–water partition coefficient (Wildman–Crippen LogP) is 2.84. The van der Waals surface area contributed by atoms with Crippen LogP contribution in [0, 0.1) is 0 Å². The van der Waals surface area contributed by atoms with Crippen molar-refractivity contribution in [2.75, 3.05) is 14.2 Å². The summed E-state index contributed by atoms with van der Waals surface area (Å²) in [6, 6.07) is 5.60. The van der Waals surface area contributed by atoms with Crippen LogP contribution in [0.1, 0.15) is 25.3 Å². The number of benzene rings is 1. The summed E-state index contributed by atoms with van der Waals surface area (Å²) in [5.74, 6) is 1.56. The van der Waals surface area contributed by atoms with Gasteiger partial charge < -0.3 is 9.47 Å². The van der Waals surface area contributed by atoms with E-state index < -0.39 is 0 Å². The van der Waals surface area contributed by atoms with Crippen LogP contribution < -0.4 is 9.47 Å². The molecule has 0 saturated carbocycles. The maximum atomic E-state index is 11.8. The van der Waals surface area contributed by atoms with E-state index in [4.69, 9.17) is 9.47 Å². The molecule has 0 saturated heterocycles. The second-order valence-corrected chi connectivity index (χ2v) is 4.15. The van der Waals surface area contributed by atoms with Gasteiger partial charge in [0, 0.05) is 12.0 Å².